The van der Waals surface area contributed by atoms with Gasteiger partial charge in [0.1, 0.15) is 18.0 Å². The maximum atomic E-state index is 14.0. The number of amides is 1. The van der Waals surface area contributed by atoms with Crippen molar-refractivity contribution in [2.45, 2.75) is 13.0 Å². The van der Waals surface area contributed by atoms with Crippen LogP contribution in [0.3, 0.4) is 0 Å². The summed E-state index contributed by atoms with van der Waals surface area (Å²) in [7, 11) is 1.51. The summed E-state index contributed by atoms with van der Waals surface area (Å²) >= 11 is 5.98. The van der Waals surface area contributed by atoms with Gasteiger partial charge in [-0.3, -0.25) is 4.79 Å². The van der Waals surface area contributed by atoms with Crippen molar-refractivity contribution in [3.8, 4) is 11.5 Å². The van der Waals surface area contributed by atoms with Crippen LogP contribution >= 0.6 is 11.6 Å². The number of ether oxygens (including phenoxy) is 2. The summed E-state index contributed by atoms with van der Waals surface area (Å²) < 4.78 is 31.0. The van der Waals surface area contributed by atoms with Crippen molar-refractivity contribution in [3.63, 3.8) is 0 Å². The van der Waals surface area contributed by atoms with Gasteiger partial charge >= 0.3 is 5.91 Å². The summed E-state index contributed by atoms with van der Waals surface area (Å²) in [5, 5.41) is 5.30. The number of carbonyl (C=O) groups excluding carboxylic acids is 1. The second kappa shape index (κ2) is 10.9. The Morgan fingerprint density at radius 3 is 2.77 bits per heavy atom. The average Bonchev–Trinajstić information content (AvgIpc) is 3.27. The summed E-state index contributed by atoms with van der Waals surface area (Å²) in [6, 6.07) is 16.7. The molecule has 1 aromatic heterocycles. The van der Waals surface area contributed by atoms with E-state index in [9.17, 15) is 9.18 Å². The van der Waals surface area contributed by atoms with E-state index in [4.69, 9.17) is 25.5 Å². The van der Waals surface area contributed by atoms with E-state index in [1.165, 1.54) is 19.4 Å². The number of nitrogens with one attached hydrogen (secondary N) is 1. The molecule has 35 heavy (non-hydrogen) atoms. The standard InChI is InChI=1S/C27H22ClFN2O4/c1-3-6-18-11-17(12-24(33-2)26(18)34-16-19-7-4-5-8-22(19)29)15-30-31-27(32)25-14-20-13-21(28)9-10-23(20)35-25/h3-5,7-15H,1,6,16H2,2H3,(H,31,32)/b30-15+. The number of hydrazone groups is 1. The zero-order chi connectivity index (χ0) is 24.8. The molecule has 4 aromatic rings. The molecule has 0 atom stereocenters. The van der Waals surface area contributed by atoms with Gasteiger partial charge in [0.25, 0.3) is 0 Å². The number of nitrogens with zero attached hydrogens (tertiary/aromatic N) is 1. The molecule has 0 fully saturated rings. The molecular weight excluding hydrogens is 471 g/mol. The molecule has 0 radical (unpaired) electrons. The molecule has 0 aliphatic heterocycles. The lowest BCUT2D eigenvalue weighted by atomic mass is 10.1. The van der Waals surface area contributed by atoms with E-state index in [1.807, 2.05) is 6.07 Å². The lowest BCUT2D eigenvalue weighted by Crippen LogP contribution is -2.16. The average molecular weight is 493 g/mol. The molecule has 4 rings (SSSR count). The van der Waals surface area contributed by atoms with Crippen LogP contribution < -0.4 is 14.9 Å². The second-order valence-corrected chi connectivity index (χ2v) is 8.01. The first-order valence-electron chi connectivity index (χ1n) is 10.7. The lowest BCUT2D eigenvalue weighted by Gasteiger charge is -2.16. The number of fused-ring (bicyclic) bond motifs is 1. The number of hydrogen-bond donors (Lipinski definition) is 1. The number of halogens is 2. The summed E-state index contributed by atoms with van der Waals surface area (Å²) in [4.78, 5) is 12.4. The van der Waals surface area contributed by atoms with Crippen LogP contribution in [0.25, 0.3) is 11.0 Å². The predicted molar refractivity (Wildman–Crippen MR) is 134 cm³/mol. The van der Waals surface area contributed by atoms with E-state index in [0.29, 0.717) is 39.7 Å². The predicted octanol–water partition coefficient (Wildman–Crippen LogP) is 6.31. The molecule has 1 heterocycles. The number of hydrogen-bond acceptors (Lipinski definition) is 5. The van der Waals surface area contributed by atoms with E-state index >= 15 is 0 Å². The Labute approximate surface area is 206 Å². The molecule has 1 amide bonds. The van der Waals surface area contributed by atoms with E-state index in [1.54, 1.807) is 54.6 Å². The summed E-state index contributed by atoms with van der Waals surface area (Å²) in [5.41, 5.74) is 4.87. The summed E-state index contributed by atoms with van der Waals surface area (Å²) in [5.74, 6) is 0.196. The number of carbonyl (C=O) groups is 1. The molecule has 6 nitrogen and oxygen atoms in total. The number of benzene rings is 3. The van der Waals surface area contributed by atoms with Gasteiger partial charge in [0, 0.05) is 21.5 Å². The van der Waals surface area contributed by atoms with Crippen LogP contribution in [-0.4, -0.2) is 19.2 Å². The molecule has 0 unspecified atom stereocenters. The van der Waals surface area contributed by atoms with E-state index < -0.39 is 5.91 Å². The number of rotatable bonds is 9. The minimum absolute atomic E-state index is 0.0411. The Balaban J connectivity index is 1.51. The highest BCUT2D eigenvalue weighted by molar-refractivity contribution is 6.31. The van der Waals surface area contributed by atoms with Crippen LogP contribution in [0.2, 0.25) is 5.02 Å². The lowest BCUT2D eigenvalue weighted by molar-refractivity contribution is 0.0929. The molecule has 0 spiro atoms. The van der Waals surface area contributed by atoms with Crippen LogP contribution in [0.5, 0.6) is 11.5 Å². The highest BCUT2D eigenvalue weighted by atomic mass is 35.5. The monoisotopic (exact) mass is 492 g/mol. The number of methoxy groups -OCH3 is 1. The van der Waals surface area contributed by atoms with Gasteiger partial charge in [-0.2, -0.15) is 5.10 Å². The third-order valence-corrected chi connectivity index (χ3v) is 5.39. The van der Waals surface area contributed by atoms with Crippen LogP contribution in [0.1, 0.15) is 27.2 Å². The zero-order valence-corrected chi connectivity index (χ0v) is 19.6. The molecule has 1 N–H and O–H groups in total. The van der Waals surface area contributed by atoms with Crippen molar-refractivity contribution in [1.29, 1.82) is 0 Å². The van der Waals surface area contributed by atoms with Crippen LogP contribution in [0.4, 0.5) is 4.39 Å². The summed E-state index contributed by atoms with van der Waals surface area (Å²) in [6.07, 6.45) is 3.69. The fourth-order valence-electron chi connectivity index (χ4n) is 3.49. The molecule has 178 valence electrons. The third-order valence-electron chi connectivity index (χ3n) is 5.15. The quantitative estimate of drug-likeness (QED) is 0.169. The first kappa shape index (κ1) is 24.0. The van der Waals surface area contributed by atoms with Gasteiger partial charge in [0.2, 0.25) is 0 Å². The summed E-state index contributed by atoms with van der Waals surface area (Å²) in [6.45, 7) is 3.83. The highest BCUT2D eigenvalue weighted by Gasteiger charge is 2.15. The molecule has 8 heteroatoms. The minimum Gasteiger partial charge on any atom is -0.493 e. The Kier molecular flexibility index (Phi) is 7.48. The first-order valence-corrected chi connectivity index (χ1v) is 11.1. The van der Waals surface area contributed by atoms with Crippen LogP contribution in [-0.2, 0) is 13.0 Å². The topological polar surface area (TPSA) is 73.1 Å². The normalized spacial score (nSPS) is 11.1. The van der Waals surface area contributed by atoms with Crippen molar-refractivity contribution >= 4 is 34.7 Å². The number of furan rings is 1. The molecule has 0 aliphatic rings. The minimum atomic E-state index is -0.503. The van der Waals surface area contributed by atoms with Crippen molar-refractivity contribution in [1.82, 2.24) is 5.43 Å². The van der Waals surface area contributed by atoms with E-state index in [2.05, 4.69) is 17.1 Å². The van der Waals surface area contributed by atoms with Gasteiger partial charge in [-0.25, -0.2) is 9.82 Å². The maximum absolute atomic E-state index is 14.0. The second-order valence-electron chi connectivity index (χ2n) is 7.58. The molecule has 3 aromatic carbocycles. The highest BCUT2D eigenvalue weighted by Crippen LogP contribution is 2.34. The first-order chi connectivity index (χ1) is 17.0. The SMILES string of the molecule is C=CCc1cc(/C=N/NC(=O)c2cc3cc(Cl)ccc3o2)cc(OC)c1OCc1ccccc1F. The van der Waals surface area contributed by atoms with Gasteiger partial charge in [-0.15, -0.1) is 6.58 Å². The third kappa shape index (κ3) is 5.70. The van der Waals surface area contributed by atoms with Crippen molar-refractivity contribution in [2.75, 3.05) is 7.11 Å². The van der Waals surface area contributed by atoms with E-state index in [0.717, 1.165) is 10.9 Å². The fourth-order valence-corrected chi connectivity index (χ4v) is 3.67. The van der Waals surface area contributed by atoms with Crippen LogP contribution in [0, 0.1) is 5.82 Å². The van der Waals surface area contributed by atoms with E-state index in [-0.39, 0.29) is 18.2 Å². The molecule has 0 aliphatic carbocycles. The van der Waals surface area contributed by atoms with Crippen LogP contribution in [0.15, 0.2) is 82.8 Å². The van der Waals surface area contributed by atoms with Crippen molar-refractivity contribution < 1.29 is 23.1 Å². The smallest absolute Gasteiger partial charge is 0.307 e. The molecule has 0 bridgehead atoms. The number of allylic oxidation sites excluding steroid dienone is 1. The Morgan fingerprint density at radius 1 is 1.17 bits per heavy atom. The molecular formula is C27H22ClFN2O4. The van der Waals surface area contributed by atoms with Gasteiger partial charge in [0.05, 0.1) is 13.3 Å². The Morgan fingerprint density at radius 2 is 2.00 bits per heavy atom. The molecule has 0 saturated heterocycles. The van der Waals surface area contributed by atoms with Crippen molar-refractivity contribution in [3.05, 3.63) is 107 Å². The fraction of sp³-hybridized carbons (Fsp3) is 0.111. The zero-order valence-electron chi connectivity index (χ0n) is 18.9. The van der Waals surface area contributed by atoms with Gasteiger partial charge in [0.15, 0.2) is 17.3 Å². The molecule has 0 saturated carbocycles. The van der Waals surface area contributed by atoms with Crippen molar-refractivity contribution in [2.24, 2.45) is 5.10 Å². The van der Waals surface area contributed by atoms with Gasteiger partial charge in [-0.05, 0) is 54.4 Å². The Hall–Kier alpha value is -4.10. The van der Waals surface area contributed by atoms with Gasteiger partial charge in [-0.1, -0.05) is 35.9 Å². The van der Waals surface area contributed by atoms with Gasteiger partial charge < -0.3 is 13.9 Å². The maximum Gasteiger partial charge on any atom is 0.307 e. The Bertz CT molecular complexity index is 1410. The largest absolute Gasteiger partial charge is 0.493 e.